The molecule has 4 N–H and O–H groups in total. The number of quaternary nitrogens is 1. The lowest BCUT2D eigenvalue weighted by molar-refractivity contribution is -0.906. The lowest BCUT2D eigenvalue weighted by atomic mass is 9.53. The first kappa shape index (κ1) is 27.5. The highest BCUT2D eigenvalue weighted by atomic mass is 32.1. The number of rotatable bonds is 9. The first-order chi connectivity index (χ1) is 18.4. The first-order valence-corrected chi connectivity index (χ1v) is 15.2. The van der Waals surface area contributed by atoms with Crippen molar-refractivity contribution in [2.24, 2.45) is 23.2 Å². The molecule has 2 aromatic rings. The highest BCUT2D eigenvalue weighted by Crippen LogP contribution is 2.57. The Labute approximate surface area is 230 Å². The number of nitrogens with one attached hydrogen (secondary N) is 3. The third-order valence-electron chi connectivity index (χ3n) is 9.34. The van der Waals surface area contributed by atoms with Gasteiger partial charge in [0.15, 0.2) is 5.13 Å². The topological polar surface area (TPSA) is 101 Å². The molecule has 38 heavy (non-hydrogen) atoms. The molecule has 2 fully saturated rings. The van der Waals surface area contributed by atoms with Crippen LogP contribution in [0, 0.1) is 23.2 Å². The number of pyridine rings is 1. The summed E-state index contributed by atoms with van der Waals surface area (Å²) in [6, 6.07) is 6.00. The highest BCUT2D eigenvalue weighted by molar-refractivity contribution is 7.15. The van der Waals surface area contributed by atoms with Gasteiger partial charge in [-0.1, -0.05) is 26.8 Å². The van der Waals surface area contributed by atoms with Gasteiger partial charge in [0.2, 0.25) is 5.91 Å². The van der Waals surface area contributed by atoms with Crippen LogP contribution in [0.3, 0.4) is 0 Å². The molecule has 0 aromatic carbocycles. The molecule has 1 amide bonds. The lowest BCUT2D eigenvalue weighted by Gasteiger charge is -2.53. The van der Waals surface area contributed by atoms with Crippen LogP contribution in [0.5, 0.6) is 0 Å². The summed E-state index contributed by atoms with van der Waals surface area (Å²) >= 11 is 1.76. The number of thiazole rings is 1. The molecule has 6 atom stereocenters. The maximum atomic E-state index is 13.1. The third kappa shape index (κ3) is 5.91. The van der Waals surface area contributed by atoms with Gasteiger partial charge in [-0.05, 0) is 48.6 Å². The Morgan fingerprint density at radius 1 is 1.32 bits per heavy atom. The number of fused-ring (bicyclic) bond motifs is 2. The van der Waals surface area contributed by atoms with Crippen LogP contribution in [0.4, 0.5) is 5.13 Å². The van der Waals surface area contributed by atoms with Gasteiger partial charge >= 0.3 is 0 Å². The molecule has 3 heterocycles. The first-order valence-electron chi connectivity index (χ1n) is 14.4. The van der Waals surface area contributed by atoms with Crippen molar-refractivity contribution in [3.8, 4) is 0 Å². The van der Waals surface area contributed by atoms with E-state index in [0.717, 1.165) is 81.6 Å². The van der Waals surface area contributed by atoms with Gasteiger partial charge < -0.3 is 25.4 Å². The number of morpholine rings is 1. The fourth-order valence-electron chi connectivity index (χ4n) is 7.09. The number of carbonyl (C=O) groups excluding carboxylic acids is 1. The lowest BCUT2D eigenvalue weighted by Crippen LogP contribution is -3.14. The fourth-order valence-corrected chi connectivity index (χ4v) is 8.38. The zero-order valence-corrected chi connectivity index (χ0v) is 23.9. The van der Waals surface area contributed by atoms with Crippen LogP contribution in [0.2, 0.25) is 0 Å². The number of hydrogen-bond donors (Lipinski definition) is 4. The molecule has 2 aliphatic carbocycles. The molecule has 2 aromatic heterocycles. The van der Waals surface area contributed by atoms with E-state index in [1.165, 1.54) is 9.78 Å². The number of aliphatic hydroxyl groups is 1. The Kier molecular flexibility index (Phi) is 8.67. The average molecular weight is 543 g/mol. The predicted octanol–water partition coefficient (Wildman–Crippen LogP) is 1.91. The summed E-state index contributed by atoms with van der Waals surface area (Å²) < 4.78 is 5.43. The molecule has 0 spiro atoms. The summed E-state index contributed by atoms with van der Waals surface area (Å²) in [4.78, 5) is 25.3. The second kappa shape index (κ2) is 12.0. The molecule has 8 nitrogen and oxygen atoms in total. The highest BCUT2D eigenvalue weighted by Gasteiger charge is 2.53. The Bertz CT molecular complexity index is 1080. The van der Waals surface area contributed by atoms with Crippen molar-refractivity contribution in [2.75, 3.05) is 51.3 Å². The number of carbonyl (C=O) groups is 1. The van der Waals surface area contributed by atoms with Crippen molar-refractivity contribution < 1.29 is 19.5 Å². The van der Waals surface area contributed by atoms with Crippen LogP contribution in [-0.2, 0) is 22.4 Å². The summed E-state index contributed by atoms with van der Waals surface area (Å²) in [5.74, 6) is 0.0987. The Morgan fingerprint density at radius 2 is 2.13 bits per heavy atom. The second-order valence-electron chi connectivity index (χ2n) is 11.9. The quantitative estimate of drug-likeness (QED) is 0.386. The van der Waals surface area contributed by atoms with Crippen molar-refractivity contribution in [3.63, 3.8) is 0 Å². The van der Waals surface area contributed by atoms with Crippen LogP contribution in [-0.4, -0.2) is 73.0 Å². The number of aliphatic hydroxyl groups excluding tert-OH is 1. The van der Waals surface area contributed by atoms with Crippen molar-refractivity contribution in [1.29, 1.82) is 0 Å². The van der Waals surface area contributed by atoms with Crippen LogP contribution in [0.15, 0.2) is 24.4 Å². The van der Waals surface area contributed by atoms with Gasteiger partial charge in [-0.3, -0.25) is 9.78 Å². The largest absolute Gasteiger partial charge is 0.392 e. The number of aromatic nitrogens is 2. The maximum absolute atomic E-state index is 13.1. The van der Waals surface area contributed by atoms with Gasteiger partial charge in [-0.2, -0.15) is 0 Å². The smallest absolute Gasteiger partial charge is 0.223 e. The van der Waals surface area contributed by atoms with Crippen LogP contribution < -0.4 is 15.5 Å². The molecule has 0 bridgehead atoms. The van der Waals surface area contributed by atoms with Crippen molar-refractivity contribution in [2.45, 2.75) is 58.5 Å². The van der Waals surface area contributed by atoms with Crippen molar-refractivity contribution >= 4 is 22.4 Å². The summed E-state index contributed by atoms with van der Waals surface area (Å²) in [5.41, 5.74) is 2.22. The average Bonchev–Trinajstić information content (AvgIpc) is 3.32. The number of nitrogens with zero attached hydrogens (tertiary/aromatic N) is 2. The summed E-state index contributed by atoms with van der Waals surface area (Å²) in [6.45, 7) is 12.6. The van der Waals surface area contributed by atoms with Gasteiger partial charge in [0.25, 0.3) is 0 Å². The van der Waals surface area contributed by atoms with Crippen LogP contribution >= 0.6 is 11.3 Å². The number of amides is 1. The van der Waals surface area contributed by atoms with E-state index in [2.05, 4.69) is 29.5 Å². The molecule has 208 valence electrons. The van der Waals surface area contributed by atoms with Gasteiger partial charge in [0.1, 0.15) is 13.1 Å². The summed E-state index contributed by atoms with van der Waals surface area (Å²) in [5, 5.41) is 19.3. The van der Waals surface area contributed by atoms with E-state index in [1.54, 1.807) is 11.3 Å². The van der Waals surface area contributed by atoms with E-state index in [1.807, 2.05) is 31.3 Å². The van der Waals surface area contributed by atoms with E-state index in [9.17, 15) is 9.90 Å². The number of hydrogen-bond acceptors (Lipinski definition) is 7. The number of ether oxygens (including phenoxy) is 1. The molecule has 0 radical (unpaired) electrons. The molecule has 5 rings (SSSR count). The molecule has 1 saturated heterocycles. The minimum absolute atomic E-state index is 0.0238. The molecular weight excluding hydrogens is 498 g/mol. The molecule has 0 unspecified atom stereocenters. The minimum atomic E-state index is -0.509. The van der Waals surface area contributed by atoms with E-state index in [4.69, 9.17) is 9.72 Å². The summed E-state index contributed by atoms with van der Waals surface area (Å²) in [6.07, 6.45) is 5.03. The molecular formula is C29H44N5O3S+. The van der Waals surface area contributed by atoms with Crippen LogP contribution in [0.25, 0.3) is 0 Å². The van der Waals surface area contributed by atoms with Crippen molar-refractivity contribution in [1.82, 2.24) is 15.3 Å². The van der Waals surface area contributed by atoms with E-state index in [-0.39, 0.29) is 35.0 Å². The Morgan fingerprint density at radius 3 is 2.89 bits per heavy atom. The fraction of sp³-hybridized carbons (Fsp3) is 0.690. The predicted molar refractivity (Wildman–Crippen MR) is 150 cm³/mol. The van der Waals surface area contributed by atoms with E-state index >= 15 is 0 Å². The zero-order valence-electron chi connectivity index (χ0n) is 23.0. The normalized spacial score (nSPS) is 30.2. The number of anilines is 1. The second-order valence-corrected chi connectivity index (χ2v) is 12.9. The van der Waals surface area contributed by atoms with E-state index in [0.29, 0.717) is 6.54 Å². The molecule has 1 saturated carbocycles. The summed E-state index contributed by atoms with van der Waals surface area (Å²) in [7, 11) is 0. The monoisotopic (exact) mass is 542 g/mol. The van der Waals surface area contributed by atoms with Crippen molar-refractivity contribution in [3.05, 3.63) is 40.7 Å². The molecule has 3 aliphatic rings. The Balaban J connectivity index is 1.19. The van der Waals surface area contributed by atoms with E-state index < -0.39 is 6.10 Å². The van der Waals surface area contributed by atoms with Crippen LogP contribution in [0.1, 0.15) is 55.8 Å². The maximum Gasteiger partial charge on any atom is 0.223 e. The minimum Gasteiger partial charge on any atom is -0.392 e. The van der Waals surface area contributed by atoms with Gasteiger partial charge in [-0.15, -0.1) is 11.3 Å². The standard InChI is InChI=1S/C29H43N5O3S/c1-19(27(36)31-12-13-34-14-16-37-17-15-34)22-7-9-29(3)18-23-25(20(2)24(29)26(22)35)33-28(38-23)32-11-8-21-6-4-5-10-30-21/h4-6,10,19-20,22,24,26,35H,7-9,11-18H2,1-3H3,(H,31,36)(H,32,33)/p+1/t19-,20-,22+,24+,26-,29-/m0/s1. The van der Waals surface area contributed by atoms with Gasteiger partial charge in [0, 0.05) is 41.6 Å². The Hall–Kier alpha value is -2.07. The van der Waals surface area contributed by atoms with Gasteiger partial charge in [0.05, 0.1) is 38.1 Å². The molecule has 1 aliphatic heterocycles. The SMILES string of the molecule is C[C@H](C(=O)NCC[NH+]1CCOCC1)[C@H]1CC[C@@]2(C)Cc3sc(NCCc4ccccn4)nc3[C@@H](C)[C@@H]2[C@H]1O. The third-order valence-corrected chi connectivity index (χ3v) is 10.4. The zero-order chi connectivity index (χ0) is 26.7. The molecule has 9 heteroatoms. The van der Waals surface area contributed by atoms with Gasteiger partial charge in [-0.25, -0.2) is 4.98 Å².